The molecule has 2 unspecified atom stereocenters. The van der Waals surface area contributed by atoms with Crippen molar-refractivity contribution in [3.8, 4) is 11.5 Å². The molecule has 0 aliphatic rings. The minimum Gasteiger partial charge on any atom is -0.501 e. The fourth-order valence-electron chi connectivity index (χ4n) is 3.21. The third kappa shape index (κ3) is 13.3. The minimum absolute atomic E-state index is 0.0238. The van der Waals surface area contributed by atoms with E-state index >= 15 is 0 Å². The molecule has 0 saturated carbocycles. The second-order valence-corrected chi connectivity index (χ2v) is 9.10. The Bertz CT molecular complexity index is 1030. The van der Waals surface area contributed by atoms with Crippen LogP contribution in [0.3, 0.4) is 0 Å². The first kappa shape index (κ1) is 33.2. The molecule has 2 aromatic rings. The topological polar surface area (TPSA) is 130 Å². The lowest BCUT2D eigenvalue weighted by atomic mass is 10.0. The molecule has 0 amide bonds. The van der Waals surface area contributed by atoms with Gasteiger partial charge < -0.3 is 38.6 Å². The van der Waals surface area contributed by atoms with Gasteiger partial charge in [-0.3, -0.25) is 0 Å². The standard InChI is InChI=1S/C31H40O10/c1-5-36-16-22(3)30(34)40-20-26(32)18-38-28-11-7-24(8-12-28)15-25-9-13-29(14-10-25)39-19-27(33)21-41-31(35)23(4)17-37-6-2/h7-14,16-17,26-27,32-33H,5-6,15,18-21H2,1-4H3. The molecule has 10 nitrogen and oxygen atoms in total. The molecule has 0 spiro atoms. The molecule has 0 aliphatic heterocycles. The molecule has 10 heteroatoms. The minimum atomic E-state index is -0.970. The Hall–Kier alpha value is -4.02. The zero-order valence-corrected chi connectivity index (χ0v) is 24.0. The Labute approximate surface area is 241 Å². The maximum absolute atomic E-state index is 11.8. The SMILES string of the molecule is CCOC=C(C)C(=O)OCC(O)COc1ccc(Cc2ccc(OCC(O)COC(=O)C(C)=COCC)cc2)cc1. The third-order valence-electron chi connectivity index (χ3n) is 5.45. The first-order chi connectivity index (χ1) is 19.7. The van der Waals surface area contributed by atoms with E-state index in [1.54, 1.807) is 13.8 Å². The van der Waals surface area contributed by atoms with Crippen molar-refractivity contribution in [3.63, 3.8) is 0 Å². The van der Waals surface area contributed by atoms with E-state index in [1.165, 1.54) is 12.5 Å². The van der Waals surface area contributed by atoms with Gasteiger partial charge in [0.2, 0.25) is 0 Å². The normalized spacial score (nSPS) is 13.1. The molecule has 0 bridgehead atoms. The number of ether oxygens (including phenoxy) is 6. The van der Waals surface area contributed by atoms with E-state index in [4.69, 9.17) is 28.4 Å². The van der Waals surface area contributed by atoms with E-state index in [0.717, 1.165) is 11.1 Å². The third-order valence-corrected chi connectivity index (χ3v) is 5.45. The van der Waals surface area contributed by atoms with Crippen LogP contribution in [0.4, 0.5) is 0 Å². The molecule has 2 rings (SSSR count). The van der Waals surface area contributed by atoms with E-state index < -0.39 is 24.1 Å². The monoisotopic (exact) mass is 572 g/mol. The average Bonchev–Trinajstić information content (AvgIpc) is 2.99. The average molecular weight is 573 g/mol. The zero-order chi connectivity index (χ0) is 30.0. The maximum atomic E-state index is 11.8. The molecule has 0 radical (unpaired) electrons. The highest BCUT2D eigenvalue weighted by Crippen LogP contribution is 2.18. The van der Waals surface area contributed by atoms with Gasteiger partial charge in [-0.25, -0.2) is 9.59 Å². The summed E-state index contributed by atoms with van der Waals surface area (Å²) in [6.45, 7) is 7.24. The Balaban J connectivity index is 1.71. The second kappa shape index (κ2) is 18.4. The first-order valence-corrected chi connectivity index (χ1v) is 13.4. The smallest absolute Gasteiger partial charge is 0.336 e. The van der Waals surface area contributed by atoms with Crippen LogP contribution in [-0.2, 0) is 35.0 Å². The number of hydrogen-bond donors (Lipinski definition) is 2. The van der Waals surface area contributed by atoms with Gasteiger partial charge in [0.1, 0.15) is 50.1 Å². The lowest BCUT2D eigenvalue weighted by molar-refractivity contribution is -0.143. The Morgan fingerprint density at radius 1 is 0.659 bits per heavy atom. The number of benzene rings is 2. The highest BCUT2D eigenvalue weighted by atomic mass is 16.6. The van der Waals surface area contributed by atoms with Gasteiger partial charge in [0, 0.05) is 0 Å². The van der Waals surface area contributed by atoms with Crippen LogP contribution in [-0.4, -0.2) is 74.0 Å². The van der Waals surface area contributed by atoms with Crippen LogP contribution in [0.1, 0.15) is 38.8 Å². The van der Waals surface area contributed by atoms with Crippen molar-refractivity contribution in [2.45, 2.75) is 46.3 Å². The van der Waals surface area contributed by atoms with Crippen LogP contribution in [0.15, 0.2) is 72.2 Å². The molecule has 41 heavy (non-hydrogen) atoms. The van der Waals surface area contributed by atoms with Crippen LogP contribution in [0.5, 0.6) is 11.5 Å². The van der Waals surface area contributed by atoms with Gasteiger partial charge in [0.05, 0.1) is 36.9 Å². The summed E-state index contributed by atoms with van der Waals surface area (Å²) in [6, 6.07) is 14.9. The summed E-state index contributed by atoms with van der Waals surface area (Å²) < 4.78 is 31.4. The quantitative estimate of drug-likeness (QED) is 0.155. The van der Waals surface area contributed by atoms with Crippen LogP contribution in [0.2, 0.25) is 0 Å². The maximum Gasteiger partial charge on any atom is 0.336 e. The van der Waals surface area contributed by atoms with Crippen molar-refractivity contribution >= 4 is 11.9 Å². The van der Waals surface area contributed by atoms with Gasteiger partial charge in [0.25, 0.3) is 0 Å². The molecule has 224 valence electrons. The number of aliphatic hydroxyl groups is 2. The van der Waals surface area contributed by atoms with Gasteiger partial charge >= 0.3 is 11.9 Å². The number of aliphatic hydroxyl groups excluding tert-OH is 2. The van der Waals surface area contributed by atoms with E-state index in [9.17, 15) is 19.8 Å². The lowest BCUT2D eigenvalue weighted by Gasteiger charge is -2.14. The molecule has 0 saturated heterocycles. The van der Waals surface area contributed by atoms with Gasteiger partial charge in [-0.2, -0.15) is 0 Å². The Kier molecular flexibility index (Phi) is 14.9. The Morgan fingerprint density at radius 2 is 1.02 bits per heavy atom. The van der Waals surface area contributed by atoms with Gasteiger partial charge in [-0.15, -0.1) is 0 Å². The fraction of sp³-hybridized carbons (Fsp3) is 0.419. The van der Waals surface area contributed by atoms with Crippen molar-refractivity contribution < 1.29 is 48.2 Å². The van der Waals surface area contributed by atoms with Crippen LogP contribution < -0.4 is 9.47 Å². The van der Waals surface area contributed by atoms with Crippen molar-refractivity contribution in [1.29, 1.82) is 0 Å². The molecule has 0 heterocycles. The summed E-state index contributed by atoms with van der Waals surface area (Å²) in [7, 11) is 0. The zero-order valence-electron chi connectivity index (χ0n) is 24.0. The summed E-state index contributed by atoms with van der Waals surface area (Å²) in [4.78, 5) is 23.6. The number of carbonyl (C=O) groups is 2. The number of hydrogen-bond acceptors (Lipinski definition) is 10. The molecule has 2 atom stereocenters. The molecule has 0 aromatic heterocycles. The largest absolute Gasteiger partial charge is 0.501 e. The van der Waals surface area contributed by atoms with Crippen LogP contribution in [0.25, 0.3) is 0 Å². The van der Waals surface area contributed by atoms with Crippen molar-refractivity contribution in [2.24, 2.45) is 0 Å². The number of esters is 2. The van der Waals surface area contributed by atoms with Gasteiger partial charge in [-0.05, 0) is 69.5 Å². The van der Waals surface area contributed by atoms with E-state index in [-0.39, 0.29) is 26.4 Å². The van der Waals surface area contributed by atoms with Crippen molar-refractivity contribution in [3.05, 3.63) is 83.3 Å². The van der Waals surface area contributed by atoms with Gasteiger partial charge in [-0.1, -0.05) is 24.3 Å². The van der Waals surface area contributed by atoms with E-state index in [2.05, 4.69) is 0 Å². The lowest BCUT2D eigenvalue weighted by Crippen LogP contribution is -2.25. The molecule has 0 aliphatic carbocycles. The predicted molar refractivity (Wildman–Crippen MR) is 151 cm³/mol. The molecule has 2 aromatic carbocycles. The van der Waals surface area contributed by atoms with Crippen molar-refractivity contribution in [1.82, 2.24) is 0 Å². The summed E-state index contributed by atoms with van der Waals surface area (Å²) >= 11 is 0. The van der Waals surface area contributed by atoms with E-state index in [1.807, 2.05) is 62.4 Å². The molecule has 0 fully saturated rings. The number of carbonyl (C=O) groups excluding carboxylic acids is 2. The highest BCUT2D eigenvalue weighted by Gasteiger charge is 2.13. The van der Waals surface area contributed by atoms with Gasteiger partial charge in [0.15, 0.2) is 0 Å². The highest BCUT2D eigenvalue weighted by molar-refractivity contribution is 5.87. The van der Waals surface area contributed by atoms with Crippen LogP contribution in [0, 0.1) is 0 Å². The summed E-state index contributed by atoms with van der Waals surface area (Å²) in [6.07, 6.45) is 1.40. The fourth-order valence-corrected chi connectivity index (χ4v) is 3.21. The van der Waals surface area contributed by atoms with Crippen molar-refractivity contribution in [2.75, 3.05) is 39.6 Å². The van der Waals surface area contributed by atoms with E-state index in [0.29, 0.717) is 42.3 Å². The molecular weight excluding hydrogens is 532 g/mol. The molecule has 2 N–H and O–H groups in total. The summed E-state index contributed by atoms with van der Waals surface area (Å²) in [5.41, 5.74) is 2.74. The predicted octanol–water partition coefficient (Wildman–Crippen LogP) is 3.72. The second-order valence-electron chi connectivity index (χ2n) is 9.10. The summed E-state index contributed by atoms with van der Waals surface area (Å²) in [5.74, 6) is 0.0537. The van der Waals surface area contributed by atoms with Crippen LogP contribution >= 0.6 is 0 Å². The number of rotatable bonds is 18. The first-order valence-electron chi connectivity index (χ1n) is 13.4. The Morgan fingerprint density at radius 3 is 1.37 bits per heavy atom. The molecular formula is C31H40O10. The summed E-state index contributed by atoms with van der Waals surface area (Å²) in [5, 5.41) is 20.1.